The minimum absolute atomic E-state index is 0.221. The van der Waals surface area contributed by atoms with Crippen molar-refractivity contribution in [2.45, 2.75) is 56.5 Å². The lowest BCUT2D eigenvalue weighted by Crippen LogP contribution is -2.56. The summed E-state index contributed by atoms with van der Waals surface area (Å²) < 4.78 is 5.50. The Morgan fingerprint density at radius 1 is 1.23 bits per heavy atom. The fourth-order valence-electron chi connectivity index (χ4n) is 4.89. The van der Waals surface area contributed by atoms with Gasteiger partial charge in [-0.25, -0.2) is 0 Å². The number of piperidine rings is 1. The van der Waals surface area contributed by atoms with E-state index in [2.05, 4.69) is 14.8 Å². The van der Waals surface area contributed by atoms with E-state index in [-0.39, 0.29) is 5.91 Å². The van der Waals surface area contributed by atoms with Crippen molar-refractivity contribution in [3.05, 3.63) is 30.1 Å². The summed E-state index contributed by atoms with van der Waals surface area (Å²) in [6.07, 6.45) is 9.67. The van der Waals surface area contributed by atoms with Gasteiger partial charge in [0, 0.05) is 50.2 Å². The number of hydrogen-bond donors (Lipinski definition) is 0. The van der Waals surface area contributed by atoms with E-state index >= 15 is 0 Å². The molecule has 1 saturated carbocycles. The molecule has 3 fully saturated rings. The summed E-state index contributed by atoms with van der Waals surface area (Å²) >= 11 is 0. The van der Waals surface area contributed by atoms with Gasteiger partial charge in [-0.1, -0.05) is 6.07 Å². The van der Waals surface area contributed by atoms with Crippen LogP contribution in [0, 0.1) is 5.92 Å². The number of pyridine rings is 1. The molecule has 5 heteroatoms. The average molecular weight is 357 g/mol. The summed E-state index contributed by atoms with van der Waals surface area (Å²) in [7, 11) is 1.82. The summed E-state index contributed by atoms with van der Waals surface area (Å²) in [6.45, 7) is 3.84. The van der Waals surface area contributed by atoms with Crippen LogP contribution in [0.25, 0.3) is 0 Å². The molecule has 4 rings (SSSR count). The third kappa shape index (κ3) is 3.79. The maximum Gasteiger partial charge on any atom is 0.228 e. The van der Waals surface area contributed by atoms with Crippen LogP contribution in [-0.2, 0) is 16.0 Å². The molecular formula is C21H31N3O2. The second-order valence-corrected chi connectivity index (χ2v) is 8.35. The van der Waals surface area contributed by atoms with Crippen molar-refractivity contribution in [1.82, 2.24) is 14.8 Å². The Morgan fingerprint density at radius 3 is 2.69 bits per heavy atom. The van der Waals surface area contributed by atoms with Crippen molar-refractivity contribution >= 4 is 5.91 Å². The molecule has 1 amide bonds. The zero-order valence-corrected chi connectivity index (χ0v) is 15.9. The number of ether oxygens (including phenoxy) is 1. The van der Waals surface area contributed by atoms with Crippen molar-refractivity contribution in [2.75, 3.05) is 33.4 Å². The molecule has 2 aliphatic heterocycles. The van der Waals surface area contributed by atoms with Crippen molar-refractivity contribution in [2.24, 2.45) is 5.92 Å². The van der Waals surface area contributed by atoms with Gasteiger partial charge in [0.15, 0.2) is 0 Å². The van der Waals surface area contributed by atoms with Crippen LogP contribution in [-0.4, -0.2) is 65.6 Å². The summed E-state index contributed by atoms with van der Waals surface area (Å²) in [5.74, 6) is 1.12. The molecular weight excluding hydrogens is 326 g/mol. The van der Waals surface area contributed by atoms with E-state index in [1.165, 1.54) is 32.2 Å². The second kappa shape index (κ2) is 7.65. The number of aromatic nitrogens is 1. The predicted molar refractivity (Wildman–Crippen MR) is 101 cm³/mol. The van der Waals surface area contributed by atoms with E-state index in [0.717, 1.165) is 44.1 Å². The Labute approximate surface area is 156 Å². The number of carbonyl (C=O) groups is 1. The maximum atomic E-state index is 12.7. The monoisotopic (exact) mass is 357 g/mol. The zero-order valence-electron chi connectivity index (χ0n) is 15.9. The molecule has 1 aromatic rings. The smallest absolute Gasteiger partial charge is 0.228 e. The van der Waals surface area contributed by atoms with Crippen LogP contribution in [0.5, 0.6) is 0 Å². The lowest BCUT2D eigenvalue weighted by molar-refractivity contribution is -0.133. The van der Waals surface area contributed by atoms with E-state index in [1.54, 1.807) is 6.20 Å². The third-order valence-electron chi connectivity index (χ3n) is 6.61. The Hall–Kier alpha value is -1.46. The third-order valence-corrected chi connectivity index (χ3v) is 6.61. The molecule has 3 aliphatic rings. The summed E-state index contributed by atoms with van der Waals surface area (Å²) in [5, 5.41) is 0. The normalized spacial score (nSPS) is 25.7. The SMILES string of the molecule is COC[C@H]1CCC2(CCN(C(=O)Cc3ccccn3)CC2)N1CC1CC1. The van der Waals surface area contributed by atoms with Crippen molar-refractivity contribution in [1.29, 1.82) is 0 Å². The lowest BCUT2D eigenvalue weighted by atomic mass is 9.84. The van der Waals surface area contributed by atoms with Gasteiger partial charge in [0.1, 0.15) is 0 Å². The molecule has 0 aromatic carbocycles. The average Bonchev–Trinajstić information content (AvgIpc) is 3.43. The van der Waals surface area contributed by atoms with E-state index in [1.807, 2.05) is 25.3 Å². The van der Waals surface area contributed by atoms with Crippen molar-refractivity contribution in [3.63, 3.8) is 0 Å². The summed E-state index contributed by atoms with van der Waals surface area (Å²) in [4.78, 5) is 21.8. The van der Waals surface area contributed by atoms with Crippen LogP contribution < -0.4 is 0 Å². The van der Waals surface area contributed by atoms with E-state index in [4.69, 9.17) is 4.74 Å². The molecule has 1 atom stereocenters. The molecule has 26 heavy (non-hydrogen) atoms. The van der Waals surface area contributed by atoms with Gasteiger partial charge in [0.25, 0.3) is 0 Å². The second-order valence-electron chi connectivity index (χ2n) is 8.35. The fraction of sp³-hybridized carbons (Fsp3) is 0.714. The number of carbonyl (C=O) groups excluding carboxylic acids is 1. The van der Waals surface area contributed by atoms with Crippen LogP contribution in [0.1, 0.15) is 44.2 Å². The standard InChI is InChI=1S/C21H31N3O2/c1-26-16-19-7-8-21(24(19)15-17-5-6-17)9-12-23(13-10-21)20(25)14-18-4-2-3-11-22-18/h2-4,11,17,19H,5-10,12-16H2,1H3/t19-/m1/s1. The Bertz CT molecular complexity index is 609. The first-order chi connectivity index (χ1) is 12.7. The minimum Gasteiger partial charge on any atom is -0.383 e. The highest BCUT2D eigenvalue weighted by atomic mass is 16.5. The molecule has 0 bridgehead atoms. The molecule has 3 heterocycles. The van der Waals surface area contributed by atoms with Gasteiger partial charge >= 0.3 is 0 Å². The van der Waals surface area contributed by atoms with E-state index < -0.39 is 0 Å². The van der Waals surface area contributed by atoms with E-state index in [0.29, 0.717) is 18.0 Å². The highest BCUT2D eigenvalue weighted by Crippen LogP contribution is 2.44. The Kier molecular flexibility index (Phi) is 5.28. The first kappa shape index (κ1) is 17.9. The van der Waals surface area contributed by atoms with Gasteiger partial charge in [-0.2, -0.15) is 0 Å². The highest BCUT2D eigenvalue weighted by molar-refractivity contribution is 5.78. The van der Waals surface area contributed by atoms with Gasteiger partial charge in [-0.15, -0.1) is 0 Å². The summed E-state index contributed by atoms with van der Waals surface area (Å²) in [5.41, 5.74) is 1.17. The number of nitrogens with zero attached hydrogens (tertiary/aromatic N) is 3. The molecule has 1 aliphatic carbocycles. The van der Waals surface area contributed by atoms with Gasteiger partial charge in [-0.05, 0) is 56.6 Å². The largest absolute Gasteiger partial charge is 0.383 e. The first-order valence-electron chi connectivity index (χ1n) is 10.1. The number of rotatable bonds is 6. The van der Waals surface area contributed by atoms with Crippen molar-refractivity contribution < 1.29 is 9.53 Å². The topological polar surface area (TPSA) is 45.7 Å². The van der Waals surface area contributed by atoms with Crippen LogP contribution in [0.3, 0.4) is 0 Å². The van der Waals surface area contributed by atoms with Crippen LogP contribution >= 0.6 is 0 Å². The lowest BCUT2D eigenvalue weighted by Gasteiger charge is -2.47. The molecule has 0 radical (unpaired) electrons. The van der Waals surface area contributed by atoms with Crippen LogP contribution in [0.2, 0.25) is 0 Å². The van der Waals surface area contributed by atoms with Crippen LogP contribution in [0.15, 0.2) is 24.4 Å². The molecule has 1 aromatic heterocycles. The van der Waals surface area contributed by atoms with Gasteiger partial charge < -0.3 is 9.64 Å². The number of methoxy groups -OCH3 is 1. The zero-order chi connectivity index (χ0) is 18.0. The molecule has 0 unspecified atom stereocenters. The summed E-state index contributed by atoms with van der Waals surface area (Å²) in [6, 6.07) is 6.35. The number of amides is 1. The van der Waals surface area contributed by atoms with Gasteiger partial charge in [0.2, 0.25) is 5.91 Å². The molecule has 2 saturated heterocycles. The fourth-order valence-corrected chi connectivity index (χ4v) is 4.89. The highest BCUT2D eigenvalue weighted by Gasteiger charge is 2.49. The molecule has 142 valence electrons. The number of hydrogen-bond acceptors (Lipinski definition) is 4. The van der Waals surface area contributed by atoms with E-state index in [9.17, 15) is 4.79 Å². The minimum atomic E-state index is 0.221. The predicted octanol–water partition coefficient (Wildman–Crippen LogP) is 2.51. The Balaban J connectivity index is 1.37. The quantitative estimate of drug-likeness (QED) is 0.785. The van der Waals surface area contributed by atoms with Crippen LogP contribution in [0.4, 0.5) is 0 Å². The van der Waals surface area contributed by atoms with Gasteiger partial charge in [-0.3, -0.25) is 14.7 Å². The number of likely N-dealkylation sites (tertiary alicyclic amines) is 2. The van der Waals surface area contributed by atoms with Gasteiger partial charge in [0.05, 0.1) is 13.0 Å². The first-order valence-corrected chi connectivity index (χ1v) is 10.1. The maximum absolute atomic E-state index is 12.7. The molecule has 1 spiro atoms. The molecule has 5 nitrogen and oxygen atoms in total. The molecule has 0 N–H and O–H groups in total. The Morgan fingerprint density at radius 2 is 2.04 bits per heavy atom. The van der Waals surface area contributed by atoms with Crippen molar-refractivity contribution in [3.8, 4) is 0 Å².